The van der Waals surface area contributed by atoms with E-state index in [2.05, 4.69) is 55.3 Å². The Hall–Kier alpha value is -1.52. The van der Waals surface area contributed by atoms with Gasteiger partial charge in [0.15, 0.2) is 5.96 Å². The van der Waals surface area contributed by atoms with Crippen LogP contribution in [0.1, 0.15) is 37.7 Å². The second kappa shape index (κ2) is 7.31. The van der Waals surface area contributed by atoms with E-state index in [1.165, 1.54) is 11.3 Å². The SMILES string of the molecule is CN=C(NCC(C)C)NC(C)Cc1c(C)nn(C)c1C. The highest BCUT2D eigenvalue weighted by molar-refractivity contribution is 5.79. The Kier molecular flexibility index (Phi) is 6.05. The summed E-state index contributed by atoms with van der Waals surface area (Å²) in [5.41, 5.74) is 3.68. The van der Waals surface area contributed by atoms with Gasteiger partial charge >= 0.3 is 0 Å². The number of aryl methyl sites for hydroxylation is 2. The van der Waals surface area contributed by atoms with Crippen molar-refractivity contribution in [2.24, 2.45) is 18.0 Å². The standard InChI is InChI=1S/C15H29N5/c1-10(2)9-17-15(16-6)18-11(3)8-14-12(4)19-20(7)13(14)5/h10-11H,8-9H2,1-7H3,(H2,16,17,18). The van der Waals surface area contributed by atoms with Crippen LogP contribution in [-0.2, 0) is 13.5 Å². The largest absolute Gasteiger partial charge is 0.356 e. The van der Waals surface area contributed by atoms with Crippen molar-refractivity contribution in [1.29, 1.82) is 0 Å². The second-order valence-corrected chi connectivity index (χ2v) is 5.87. The van der Waals surface area contributed by atoms with Crippen LogP contribution in [0, 0.1) is 19.8 Å². The van der Waals surface area contributed by atoms with E-state index in [1.807, 2.05) is 18.8 Å². The van der Waals surface area contributed by atoms with Crippen LogP contribution < -0.4 is 10.6 Å². The van der Waals surface area contributed by atoms with Crippen LogP contribution in [-0.4, -0.2) is 35.4 Å². The summed E-state index contributed by atoms with van der Waals surface area (Å²) in [4.78, 5) is 4.27. The minimum Gasteiger partial charge on any atom is -0.356 e. The fourth-order valence-corrected chi connectivity index (χ4v) is 2.20. The summed E-state index contributed by atoms with van der Waals surface area (Å²) in [5, 5.41) is 11.2. The lowest BCUT2D eigenvalue weighted by Gasteiger charge is -2.19. The van der Waals surface area contributed by atoms with Gasteiger partial charge in [0.25, 0.3) is 0 Å². The quantitative estimate of drug-likeness (QED) is 0.638. The van der Waals surface area contributed by atoms with Crippen LogP contribution in [0.15, 0.2) is 4.99 Å². The lowest BCUT2D eigenvalue weighted by molar-refractivity contribution is 0.592. The zero-order chi connectivity index (χ0) is 15.3. The molecule has 0 aromatic carbocycles. The molecule has 5 nitrogen and oxygen atoms in total. The number of aliphatic imine (C=N–C) groups is 1. The number of rotatable bonds is 5. The maximum Gasteiger partial charge on any atom is 0.191 e. The minimum atomic E-state index is 0.315. The Morgan fingerprint density at radius 3 is 2.40 bits per heavy atom. The van der Waals surface area contributed by atoms with Gasteiger partial charge in [-0.2, -0.15) is 5.10 Å². The van der Waals surface area contributed by atoms with Gasteiger partial charge in [0.05, 0.1) is 5.69 Å². The Labute approximate surface area is 122 Å². The number of guanidine groups is 1. The molecular formula is C15H29N5. The van der Waals surface area contributed by atoms with E-state index >= 15 is 0 Å². The molecule has 20 heavy (non-hydrogen) atoms. The van der Waals surface area contributed by atoms with Crippen LogP contribution in [0.3, 0.4) is 0 Å². The third-order valence-corrected chi connectivity index (χ3v) is 3.45. The van der Waals surface area contributed by atoms with E-state index in [-0.39, 0.29) is 0 Å². The molecule has 0 radical (unpaired) electrons. The van der Waals surface area contributed by atoms with Crippen molar-refractivity contribution in [1.82, 2.24) is 20.4 Å². The smallest absolute Gasteiger partial charge is 0.191 e. The summed E-state index contributed by atoms with van der Waals surface area (Å²) in [6.07, 6.45) is 0.952. The van der Waals surface area contributed by atoms with Gasteiger partial charge < -0.3 is 10.6 Å². The zero-order valence-corrected chi connectivity index (χ0v) is 13.9. The third-order valence-electron chi connectivity index (χ3n) is 3.45. The highest BCUT2D eigenvalue weighted by atomic mass is 15.3. The molecular weight excluding hydrogens is 250 g/mol. The van der Waals surface area contributed by atoms with Crippen LogP contribution in [0.5, 0.6) is 0 Å². The van der Waals surface area contributed by atoms with Crippen molar-refractivity contribution >= 4 is 5.96 Å². The first-order chi connectivity index (χ1) is 9.35. The number of nitrogens with zero attached hydrogens (tertiary/aromatic N) is 3. The van der Waals surface area contributed by atoms with Gasteiger partial charge in [-0.3, -0.25) is 9.67 Å². The fraction of sp³-hybridized carbons (Fsp3) is 0.733. The number of hydrogen-bond donors (Lipinski definition) is 2. The first kappa shape index (κ1) is 16.5. The van der Waals surface area contributed by atoms with Crippen molar-refractivity contribution in [2.45, 2.75) is 47.1 Å². The van der Waals surface area contributed by atoms with Crippen molar-refractivity contribution in [2.75, 3.05) is 13.6 Å². The molecule has 1 aromatic heterocycles. The monoisotopic (exact) mass is 279 g/mol. The van der Waals surface area contributed by atoms with E-state index in [4.69, 9.17) is 0 Å². The molecule has 0 aliphatic heterocycles. The van der Waals surface area contributed by atoms with E-state index in [9.17, 15) is 0 Å². The highest BCUT2D eigenvalue weighted by Crippen LogP contribution is 2.14. The number of nitrogens with one attached hydrogen (secondary N) is 2. The fourth-order valence-electron chi connectivity index (χ4n) is 2.20. The molecule has 0 amide bonds. The molecule has 0 fully saturated rings. The van der Waals surface area contributed by atoms with Gasteiger partial charge in [0.2, 0.25) is 0 Å². The maximum absolute atomic E-state index is 4.47. The summed E-state index contributed by atoms with van der Waals surface area (Å²) in [5.74, 6) is 1.47. The summed E-state index contributed by atoms with van der Waals surface area (Å²) in [6, 6.07) is 0.315. The van der Waals surface area contributed by atoms with Gasteiger partial charge in [-0.05, 0) is 38.7 Å². The molecule has 0 saturated carbocycles. The average molecular weight is 279 g/mol. The van der Waals surface area contributed by atoms with Crippen molar-refractivity contribution in [3.05, 3.63) is 17.0 Å². The topological polar surface area (TPSA) is 54.2 Å². The Morgan fingerprint density at radius 2 is 1.95 bits per heavy atom. The van der Waals surface area contributed by atoms with Gasteiger partial charge in [0, 0.05) is 32.4 Å². The number of aromatic nitrogens is 2. The molecule has 5 heteroatoms. The minimum absolute atomic E-state index is 0.315. The predicted octanol–water partition coefficient (Wildman–Crippen LogP) is 1.79. The van der Waals surface area contributed by atoms with E-state index in [1.54, 1.807) is 0 Å². The normalized spacial score (nSPS) is 13.7. The van der Waals surface area contributed by atoms with Crippen molar-refractivity contribution < 1.29 is 0 Å². The molecule has 0 spiro atoms. The average Bonchev–Trinajstić information content (AvgIpc) is 2.61. The molecule has 2 N–H and O–H groups in total. The Morgan fingerprint density at radius 1 is 1.30 bits per heavy atom. The summed E-state index contributed by atoms with van der Waals surface area (Å²) in [7, 11) is 3.80. The molecule has 1 atom stereocenters. The van der Waals surface area contributed by atoms with E-state index in [0.717, 1.165) is 24.6 Å². The van der Waals surface area contributed by atoms with E-state index < -0.39 is 0 Å². The molecule has 1 aromatic rings. The van der Waals surface area contributed by atoms with Crippen molar-refractivity contribution in [3.8, 4) is 0 Å². The third kappa shape index (κ3) is 4.54. The first-order valence-electron chi connectivity index (χ1n) is 7.31. The summed E-state index contributed by atoms with van der Waals surface area (Å²) in [6.45, 7) is 11.7. The van der Waals surface area contributed by atoms with Gasteiger partial charge in [-0.1, -0.05) is 13.8 Å². The van der Waals surface area contributed by atoms with Gasteiger partial charge in [-0.15, -0.1) is 0 Å². The first-order valence-corrected chi connectivity index (χ1v) is 7.31. The summed E-state index contributed by atoms with van der Waals surface area (Å²) < 4.78 is 1.95. The Balaban J connectivity index is 2.60. The predicted molar refractivity (Wildman–Crippen MR) is 85.2 cm³/mol. The molecule has 0 bridgehead atoms. The maximum atomic E-state index is 4.47. The lowest BCUT2D eigenvalue weighted by Crippen LogP contribution is -2.44. The van der Waals surface area contributed by atoms with Gasteiger partial charge in [0.1, 0.15) is 0 Å². The second-order valence-electron chi connectivity index (χ2n) is 5.87. The molecule has 1 rings (SSSR count). The highest BCUT2D eigenvalue weighted by Gasteiger charge is 2.13. The molecule has 1 heterocycles. The summed E-state index contributed by atoms with van der Waals surface area (Å²) >= 11 is 0. The lowest BCUT2D eigenvalue weighted by atomic mass is 10.1. The zero-order valence-electron chi connectivity index (χ0n) is 13.9. The van der Waals surface area contributed by atoms with Crippen LogP contribution in [0.4, 0.5) is 0 Å². The molecule has 1 unspecified atom stereocenters. The molecule has 0 saturated heterocycles. The molecule has 0 aliphatic carbocycles. The number of hydrogen-bond acceptors (Lipinski definition) is 2. The van der Waals surface area contributed by atoms with E-state index in [0.29, 0.717) is 12.0 Å². The van der Waals surface area contributed by atoms with Gasteiger partial charge in [-0.25, -0.2) is 0 Å². The molecule has 0 aliphatic rings. The van der Waals surface area contributed by atoms with Crippen LogP contribution in [0.25, 0.3) is 0 Å². The van der Waals surface area contributed by atoms with Crippen LogP contribution in [0.2, 0.25) is 0 Å². The Bertz CT molecular complexity index is 459. The van der Waals surface area contributed by atoms with Crippen molar-refractivity contribution in [3.63, 3.8) is 0 Å². The van der Waals surface area contributed by atoms with Crippen LogP contribution >= 0.6 is 0 Å². The molecule has 114 valence electrons.